The number of hydrogen-bond donors (Lipinski definition) is 2. The predicted molar refractivity (Wildman–Crippen MR) is 64.4 cm³/mol. The maximum absolute atomic E-state index is 12.0. The fourth-order valence-electron chi connectivity index (χ4n) is 1.34. The van der Waals surface area contributed by atoms with E-state index in [-0.39, 0.29) is 10.7 Å². The third-order valence-corrected chi connectivity index (χ3v) is 3.96. The van der Waals surface area contributed by atoms with Gasteiger partial charge >= 0.3 is 0 Å². The lowest BCUT2D eigenvalue weighted by molar-refractivity contribution is 0.560. The first kappa shape index (κ1) is 12.9. The molecule has 1 heterocycles. The number of aromatic nitrogens is 4. The van der Waals surface area contributed by atoms with Gasteiger partial charge in [-0.15, -0.1) is 10.2 Å². The van der Waals surface area contributed by atoms with Crippen LogP contribution in [0.2, 0.25) is 5.02 Å². The van der Waals surface area contributed by atoms with Crippen LogP contribution in [0, 0.1) is 0 Å². The molecule has 2 rings (SSSR count). The van der Waals surface area contributed by atoms with E-state index in [9.17, 15) is 8.42 Å². The van der Waals surface area contributed by atoms with Crippen molar-refractivity contribution in [2.75, 3.05) is 0 Å². The number of nitrogens with one attached hydrogen (secondary N) is 2. The van der Waals surface area contributed by atoms with Crippen molar-refractivity contribution in [1.82, 2.24) is 25.3 Å². The van der Waals surface area contributed by atoms with Crippen molar-refractivity contribution in [2.45, 2.75) is 17.9 Å². The predicted octanol–water partition coefficient (Wildman–Crippen LogP) is 0.893. The van der Waals surface area contributed by atoms with Gasteiger partial charge in [0.05, 0.1) is 10.9 Å². The molecule has 7 nitrogen and oxygen atoms in total. The van der Waals surface area contributed by atoms with Crippen LogP contribution in [0.5, 0.6) is 0 Å². The van der Waals surface area contributed by atoms with E-state index < -0.39 is 16.1 Å². The van der Waals surface area contributed by atoms with Crippen molar-refractivity contribution in [3.63, 3.8) is 0 Å². The Kier molecular flexibility index (Phi) is 3.60. The van der Waals surface area contributed by atoms with Crippen LogP contribution >= 0.6 is 11.6 Å². The van der Waals surface area contributed by atoms with Gasteiger partial charge in [-0.25, -0.2) is 13.1 Å². The van der Waals surface area contributed by atoms with Crippen LogP contribution < -0.4 is 4.72 Å². The van der Waals surface area contributed by atoms with Crippen LogP contribution in [-0.2, 0) is 10.0 Å². The lowest BCUT2D eigenvalue weighted by Crippen LogP contribution is -2.27. The Balaban J connectivity index is 2.22. The molecule has 0 bridgehead atoms. The summed E-state index contributed by atoms with van der Waals surface area (Å²) in [5.74, 6) is 0.264. The number of aromatic amines is 1. The van der Waals surface area contributed by atoms with Crippen LogP contribution in [-0.4, -0.2) is 29.0 Å². The third-order valence-electron chi connectivity index (χ3n) is 2.19. The van der Waals surface area contributed by atoms with Gasteiger partial charge in [-0.1, -0.05) is 22.9 Å². The number of hydrogen-bond acceptors (Lipinski definition) is 5. The smallest absolute Gasteiger partial charge is 0.207 e. The number of nitrogens with zero attached hydrogens (tertiary/aromatic N) is 3. The monoisotopic (exact) mass is 287 g/mol. The molecule has 0 amide bonds. The van der Waals surface area contributed by atoms with Crippen LogP contribution in [0.15, 0.2) is 29.2 Å². The van der Waals surface area contributed by atoms with Crippen LogP contribution in [0.25, 0.3) is 0 Å². The highest BCUT2D eigenvalue weighted by Gasteiger charge is 2.20. The highest BCUT2D eigenvalue weighted by atomic mass is 35.5. The van der Waals surface area contributed by atoms with Crippen molar-refractivity contribution in [3.8, 4) is 0 Å². The molecule has 18 heavy (non-hydrogen) atoms. The Hall–Kier alpha value is -1.51. The number of halogens is 1. The second-order valence-electron chi connectivity index (χ2n) is 3.57. The largest absolute Gasteiger partial charge is 0.241 e. The molecule has 2 aromatic rings. The van der Waals surface area contributed by atoms with E-state index in [1.165, 1.54) is 12.1 Å². The van der Waals surface area contributed by atoms with E-state index in [0.29, 0.717) is 5.02 Å². The minimum absolute atomic E-state index is 0.0883. The Morgan fingerprint density at radius 2 is 2.22 bits per heavy atom. The molecular weight excluding hydrogens is 278 g/mol. The summed E-state index contributed by atoms with van der Waals surface area (Å²) in [5.41, 5.74) is 0. The minimum Gasteiger partial charge on any atom is -0.207 e. The highest BCUT2D eigenvalue weighted by molar-refractivity contribution is 7.89. The van der Waals surface area contributed by atoms with E-state index in [0.717, 1.165) is 0 Å². The van der Waals surface area contributed by atoms with Crippen molar-refractivity contribution in [3.05, 3.63) is 35.1 Å². The first-order valence-electron chi connectivity index (χ1n) is 5.00. The zero-order chi connectivity index (χ0) is 13.2. The van der Waals surface area contributed by atoms with Gasteiger partial charge in [0.25, 0.3) is 0 Å². The van der Waals surface area contributed by atoms with E-state index in [1.807, 2.05) is 0 Å². The summed E-state index contributed by atoms with van der Waals surface area (Å²) in [6.07, 6.45) is 0. The summed E-state index contributed by atoms with van der Waals surface area (Å²) >= 11 is 5.76. The summed E-state index contributed by atoms with van der Waals surface area (Å²) < 4.78 is 26.5. The topological polar surface area (TPSA) is 101 Å². The molecule has 1 aromatic heterocycles. The molecule has 96 valence electrons. The fourth-order valence-corrected chi connectivity index (χ4v) is 2.84. The van der Waals surface area contributed by atoms with Crippen molar-refractivity contribution >= 4 is 21.6 Å². The average molecular weight is 288 g/mol. The Morgan fingerprint density at radius 1 is 1.44 bits per heavy atom. The van der Waals surface area contributed by atoms with E-state index in [4.69, 9.17) is 11.6 Å². The SMILES string of the molecule is CC(NS(=O)(=O)c1cccc(Cl)c1)c1nn[nH]n1. The maximum atomic E-state index is 12.0. The Bertz CT molecular complexity index is 628. The molecule has 0 aliphatic rings. The minimum atomic E-state index is -3.66. The molecule has 0 fully saturated rings. The Labute approximate surface area is 109 Å². The standard InChI is InChI=1S/C9H10ClN5O2S/c1-6(9-11-14-15-12-9)13-18(16,17)8-4-2-3-7(10)5-8/h2-6,13H,1H3,(H,11,12,14,15). The van der Waals surface area contributed by atoms with E-state index in [1.54, 1.807) is 19.1 Å². The molecule has 2 N–H and O–H groups in total. The van der Waals surface area contributed by atoms with Crippen molar-refractivity contribution in [2.24, 2.45) is 0 Å². The molecular formula is C9H10ClN5O2S. The summed E-state index contributed by atoms with van der Waals surface area (Å²) in [6, 6.07) is 5.40. The summed E-state index contributed by atoms with van der Waals surface area (Å²) in [4.78, 5) is 0.0883. The molecule has 1 aromatic carbocycles. The number of benzene rings is 1. The molecule has 1 atom stereocenters. The molecule has 0 saturated carbocycles. The van der Waals surface area contributed by atoms with Gasteiger partial charge in [0.1, 0.15) is 0 Å². The van der Waals surface area contributed by atoms with Crippen molar-refractivity contribution < 1.29 is 8.42 Å². The second-order valence-corrected chi connectivity index (χ2v) is 5.72. The van der Waals surface area contributed by atoms with Crippen molar-refractivity contribution in [1.29, 1.82) is 0 Å². The summed E-state index contributed by atoms with van der Waals surface area (Å²) in [7, 11) is -3.66. The maximum Gasteiger partial charge on any atom is 0.241 e. The molecule has 0 aliphatic carbocycles. The molecule has 0 aliphatic heterocycles. The van der Waals surface area contributed by atoms with Crippen LogP contribution in [0.4, 0.5) is 0 Å². The van der Waals surface area contributed by atoms with Gasteiger partial charge in [0, 0.05) is 5.02 Å². The second kappa shape index (κ2) is 5.01. The van der Waals surface area contributed by atoms with Crippen LogP contribution in [0.3, 0.4) is 0 Å². The molecule has 0 radical (unpaired) electrons. The quantitative estimate of drug-likeness (QED) is 0.870. The van der Waals surface area contributed by atoms with Gasteiger partial charge in [-0.05, 0) is 25.1 Å². The molecule has 0 spiro atoms. The van der Waals surface area contributed by atoms with E-state index >= 15 is 0 Å². The van der Waals surface area contributed by atoms with Gasteiger partial charge in [-0.2, -0.15) is 5.21 Å². The van der Waals surface area contributed by atoms with Gasteiger partial charge in [-0.3, -0.25) is 0 Å². The fraction of sp³-hybridized carbons (Fsp3) is 0.222. The highest BCUT2D eigenvalue weighted by Crippen LogP contribution is 2.17. The normalized spacial score (nSPS) is 13.4. The number of tetrazole rings is 1. The number of H-pyrrole nitrogens is 1. The van der Waals surface area contributed by atoms with Crippen LogP contribution in [0.1, 0.15) is 18.8 Å². The number of rotatable bonds is 4. The first-order chi connectivity index (χ1) is 8.49. The van der Waals surface area contributed by atoms with Gasteiger partial charge in [0.2, 0.25) is 10.0 Å². The van der Waals surface area contributed by atoms with E-state index in [2.05, 4.69) is 25.3 Å². The average Bonchev–Trinajstić information content (AvgIpc) is 2.82. The molecule has 0 saturated heterocycles. The lowest BCUT2D eigenvalue weighted by atomic mass is 10.4. The lowest BCUT2D eigenvalue weighted by Gasteiger charge is -2.10. The third kappa shape index (κ3) is 2.84. The number of sulfonamides is 1. The van der Waals surface area contributed by atoms with Gasteiger partial charge in [0.15, 0.2) is 5.82 Å². The zero-order valence-corrected chi connectivity index (χ0v) is 10.9. The zero-order valence-electron chi connectivity index (χ0n) is 9.33. The van der Waals surface area contributed by atoms with Gasteiger partial charge < -0.3 is 0 Å². The summed E-state index contributed by atoms with van der Waals surface area (Å²) in [6.45, 7) is 1.62. The molecule has 1 unspecified atom stereocenters. The Morgan fingerprint density at radius 3 is 2.83 bits per heavy atom. The molecule has 9 heteroatoms. The summed E-state index contributed by atoms with van der Waals surface area (Å²) in [5, 5.41) is 13.4. The first-order valence-corrected chi connectivity index (χ1v) is 6.86.